The largest absolute Gasteiger partial charge is 0.280 e. The zero-order valence-corrected chi connectivity index (χ0v) is 8.41. The average molecular weight is 254 g/mol. The Labute approximate surface area is 82.1 Å². The first kappa shape index (κ1) is 10.5. The quantitative estimate of drug-likeness (QED) is 0.737. The van der Waals surface area contributed by atoms with Gasteiger partial charge in [-0.25, -0.2) is 13.2 Å². The number of nitrogens with zero attached hydrogens (tertiary/aromatic N) is 1. The smallest absolute Gasteiger partial charge is 0.250 e. The van der Waals surface area contributed by atoms with E-state index < -0.39 is 17.9 Å². The van der Waals surface area contributed by atoms with Crippen molar-refractivity contribution in [3.05, 3.63) is 28.8 Å². The van der Waals surface area contributed by atoms with E-state index in [1.165, 1.54) is 6.92 Å². The first-order valence-corrected chi connectivity index (χ1v) is 4.68. The van der Waals surface area contributed by atoms with Crippen LogP contribution in [0.1, 0.15) is 23.4 Å². The Bertz CT molecular complexity index is 315. The van der Waals surface area contributed by atoms with Crippen molar-refractivity contribution in [2.45, 2.75) is 18.7 Å². The Morgan fingerprint density at radius 1 is 1.54 bits per heavy atom. The third-order valence-corrected chi connectivity index (χ3v) is 2.22. The summed E-state index contributed by atoms with van der Waals surface area (Å²) >= 11 is 3.03. The number of halogens is 4. The average Bonchev–Trinajstić information content (AvgIpc) is 2.09. The molecular weight excluding hydrogens is 247 g/mol. The first-order chi connectivity index (χ1) is 6.06. The van der Waals surface area contributed by atoms with Crippen LogP contribution in [0.5, 0.6) is 0 Å². The van der Waals surface area contributed by atoms with Crippen molar-refractivity contribution >= 4 is 15.9 Å². The number of hydrogen-bond acceptors (Lipinski definition) is 1. The first-order valence-electron chi connectivity index (χ1n) is 3.56. The lowest BCUT2D eigenvalue weighted by molar-refractivity contribution is 0.144. The summed E-state index contributed by atoms with van der Waals surface area (Å²) < 4.78 is 37.6. The Balaban J connectivity index is 3.25. The van der Waals surface area contributed by atoms with E-state index in [0.717, 1.165) is 6.07 Å². The molecule has 1 heterocycles. The fourth-order valence-corrected chi connectivity index (χ4v) is 1.22. The standard InChI is InChI=1S/C8H7BrF3N/c1-4-6(10)2-5(3-9)13-7(4)8(11)12/h2,8H,3H2,1H3. The second-order valence-electron chi connectivity index (χ2n) is 2.54. The number of rotatable bonds is 2. The summed E-state index contributed by atoms with van der Waals surface area (Å²) in [5.41, 5.74) is -0.285. The molecule has 1 rings (SSSR count). The molecule has 0 unspecified atom stereocenters. The van der Waals surface area contributed by atoms with Gasteiger partial charge in [0.2, 0.25) is 0 Å². The molecular formula is C8H7BrF3N. The molecule has 0 saturated carbocycles. The summed E-state index contributed by atoms with van der Waals surface area (Å²) in [5.74, 6) is -0.639. The monoisotopic (exact) mass is 253 g/mol. The van der Waals surface area contributed by atoms with Gasteiger partial charge in [-0.3, -0.25) is 4.98 Å². The van der Waals surface area contributed by atoms with Gasteiger partial charge in [-0.1, -0.05) is 15.9 Å². The molecule has 72 valence electrons. The van der Waals surface area contributed by atoms with Gasteiger partial charge in [0.15, 0.2) is 0 Å². The molecule has 0 spiro atoms. The predicted molar refractivity (Wildman–Crippen MR) is 46.5 cm³/mol. The number of hydrogen-bond donors (Lipinski definition) is 0. The lowest BCUT2D eigenvalue weighted by Crippen LogP contribution is -2.01. The molecule has 0 N–H and O–H groups in total. The molecule has 1 aromatic rings. The topological polar surface area (TPSA) is 12.9 Å². The summed E-state index contributed by atoms with van der Waals surface area (Å²) in [4.78, 5) is 3.61. The van der Waals surface area contributed by atoms with Crippen LogP contribution in [0, 0.1) is 12.7 Å². The minimum absolute atomic E-state index is 0.0836. The highest BCUT2D eigenvalue weighted by Gasteiger charge is 2.16. The highest BCUT2D eigenvalue weighted by Crippen LogP contribution is 2.23. The highest BCUT2D eigenvalue weighted by molar-refractivity contribution is 9.08. The van der Waals surface area contributed by atoms with Gasteiger partial charge in [-0.15, -0.1) is 0 Å². The summed E-state index contributed by atoms with van der Waals surface area (Å²) in [6, 6.07) is 1.15. The highest BCUT2D eigenvalue weighted by atomic mass is 79.9. The Hall–Kier alpha value is -0.580. The molecule has 0 aliphatic carbocycles. The summed E-state index contributed by atoms with van der Waals surface area (Å²) in [6.07, 6.45) is -2.73. The fraction of sp³-hybridized carbons (Fsp3) is 0.375. The van der Waals surface area contributed by atoms with E-state index in [1.54, 1.807) is 0 Å². The van der Waals surface area contributed by atoms with Gasteiger partial charge in [-0.2, -0.15) is 0 Å². The van der Waals surface area contributed by atoms with Crippen LogP contribution in [-0.4, -0.2) is 4.98 Å². The number of alkyl halides is 3. The van der Waals surface area contributed by atoms with E-state index in [1.807, 2.05) is 0 Å². The lowest BCUT2D eigenvalue weighted by Gasteiger charge is -2.06. The fourth-order valence-electron chi connectivity index (χ4n) is 0.929. The summed E-state index contributed by atoms with van der Waals surface area (Å²) in [5, 5.41) is 0.268. The van der Waals surface area contributed by atoms with Gasteiger partial charge in [0.1, 0.15) is 11.5 Å². The van der Waals surface area contributed by atoms with E-state index in [4.69, 9.17) is 0 Å². The number of aromatic nitrogens is 1. The summed E-state index contributed by atoms with van der Waals surface area (Å²) in [7, 11) is 0. The minimum atomic E-state index is -2.73. The molecule has 0 bridgehead atoms. The molecule has 0 aromatic carbocycles. The van der Waals surface area contributed by atoms with Crippen molar-refractivity contribution in [3.8, 4) is 0 Å². The van der Waals surface area contributed by atoms with Crippen LogP contribution < -0.4 is 0 Å². The van der Waals surface area contributed by atoms with Gasteiger partial charge in [0, 0.05) is 10.9 Å². The maximum absolute atomic E-state index is 13.0. The van der Waals surface area contributed by atoms with Gasteiger partial charge in [0.25, 0.3) is 6.43 Å². The van der Waals surface area contributed by atoms with Gasteiger partial charge in [-0.05, 0) is 13.0 Å². The zero-order valence-electron chi connectivity index (χ0n) is 6.82. The van der Waals surface area contributed by atoms with Crippen LogP contribution in [0.4, 0.5) is 13.2 Å². The van der Waals surface area contributed by atoms with Crippen molar-refractivity contribution in [2.24, 2.45) is 0 Å². The molecule has 5 heteroatoms. The second-order valence-corrected chi connectivity index (χ2v) is 3.10. The van der Waals surface area contributed by atoms with Crippen LogP contribution in [0.25, 0.3) is 0 Å². The van der Waals surface area contributed by atoms with Crippen LogP contribution in [-0.2, 0) is 5.33 Å². The van der Waals surface area contributed by atoms with Crippen LogP contribution >= 0.6 is 15.9 Å². The van der Waals surface area contributed by atoms with E-state index in [-0.39, 0.29) is 16.6 Å². The maximum atomic E-state index is 13.0. The third-order valence-electron chi connectivity index (χ3n) is 1.64. The van der Waals surface area contributed by atoms with Gasteiger partial charge < -0.3 is 0 Å². The van der Waals surface area contributed by atoms with Crippen LogP contribution in [0.15, 0.2) is 6.07 Å². The maximum Gasteiger partial charge on any atom is 0.280 e. The molecule has 0 aliphatic rings. The minimum Gasteiger partial charge on any atom is -0.250 e. The second kappa shape index (κ2) is 4.09. The third kappa shape index (κ3) is 2.21. The molecule has 0 fully saturated rings. The van der Waals surface area contributed by atoms with Crippen LogP contribution in [0.3, 0.4) is 0 Å². The van der Waals surface area contributed by atoms with E-state index in [0.29, 0.717) is 0 Å². The molecule has 0 radical (unpaired) electrons. The SMILES string of the molecule is Cc1c(F)cc(CBr)nc1C(F)F. The molecule has 0 amide bonds. The van der Waals surface area contributed by atoms with E-state index in [9.17, 15) is 13.2 Å². The van der Waals surface area contributed by atoms with Crippen molar-refractivity contribution in [1.29, 1.82) is 0 Å². The predicted octanol–water partition coefficient (Wildman–Crippen LogP) is 3.36. The van der Waals surface area contributed by atoms with Gasteiger partial charge >= 0.3 is 0 Å². The van der Waals surface area contributed by atoms with Crippen molar-refractivity contribution in [1.82, 2.24) is 4.98 Å². The molecule has 0 aliphatic heterocycles. The molecule has 1 nitrogen and oxygen atoms in total. The zero-order chi connectivity index (χ0) is 10.0. The van der Waals surface area contributed by atoms with E-state index in [2.05, 4.69) is 20.9 Å². The Morgan fingerprint density at radius 2 is 2.15 bits per heavy atom. The van der Waals surface area contributed by atoms with Crippen molar-refractivity contribution in [3.63, 3.8) is 0 Å². The van der Waals surface area contributed by atoms with E-state index >= 15 is 0 Å². The lowest BCUT2D eigenvalue weighted by atomic mass is 10.2. The molecule has 0 saturated heterocycles. The summed E-state index contributed by atoms with van der Waals surface area (Å²) in [6.45, 7) is 1.29. The molecule has 13 heavy (non-hydrogen) atoms. The van der Waals surface area contributed by atoms with Gasteiger partial charge in [0.05, 0.1) is 5.69 Å². The van der Waals surface area contributed by atoms with Crippen molar-refractivity contribution < 1.29 is 13.2 Å². The number of pyridine rings is 1. The molecule has 1 aromatic heterocycles. The molecule has 0 atom stereocenters. The normalized spacial score (nSPS) is 10.9. The van der Waals surface area contributed by atoms with Crippen molar-refractivity contribution in [2.75, 3.05) is 0 Å². The Morgan fingerprint density at radius 3 is 2.62 bits per heavy atom. The van der Waals surface area contributed by atoms with Crippen LogP contribution in [0.2, 0.25) is 0 Å². The Kier molecular flexibility index (Phi) is 3.30.